The van der Waals surface area contributed by atoms with E-state index in [0.717, 1.165) is 11.4 Å². The molecule has 1 unspecified atom stereocenters. The number of hydrogen-bond donors (Lipinski definition) is 2. The molecule has 2 N–H and O–H groups in total. The summed E-state index contributed by atoms with van der Waals surface area (Å²) in [6, 6.07) is 17.2. The molecule has 0 aliphatic rings. The molecule has 0 saturated heterocycles. The maximum Gasteiger partial charge on any atom is 0.119 e. The van der Waals surface area contributed by atoms with Crippen LogP contribution in [0.1, 0.15) is 45.7 Å². The van der Waals surface area contributed by atoms with Crippen LogP contribution in [-0.2, 0) is 5.41 Å². The van der Waals surface area contributed by atoms with E-state index in [9.17, 15) is 5.11 Å². The third-order valence-electron chi connectivity index (χ3n) is 4.13. The van der Waals surface area contributed by atoms with Gasteiger partial charge in [0.25, 0.3) is 0 Å². The first-order chi connectivity index (χ1) is 11.3. The average Bonchev–Trinajstić information content (AvgIpc) is 2.53. The minimum Gasteiger partial charge on any atom is -0.491 e. The van der Waals surface area contributed by atoms with Crippen LogP contribution in [0, 0.1) is 0 Å². The number of aliphatic hydroxyl groups is 1. The van der Waals surface area contributed by atoms with E-state index in [4.69, 9.17) is 4.74 Å². The van der Waals surface area contributed by atoms with Crippen LogP contribution < -0.4 is 10.1 Å². The highest BCUT2D eigenvalue weighted by Crippen LogP contribution is 2.33. The highest BCUT2D eigenvalue weighted by molar-refractivity contribution is 5.49. The molecule has 0 spiro atoms. The number of aliphatic hydroxyl groups excluding tert-OH is 1. The van der Waals surface area contributed by atoms with Gasteiger partial charge in [0.2, 0.25) is 0 Å². The smallest absolute Gasteiger partial charge is 0.119 e. The van der Waals surface area contributed by atoms with Crippen LogP contribution in [0.2, 0.25) is 0 Å². The number of ether oxygens (including phenoxy) is 1. The van der Waals surface area contributed by atoms with E-state index in [2.05, 4.69) is 69.4 Å². The molecule has 0 bridgehead atoms. The molecule has 0 aromatic heterocycles. The standard InChI is InChI=1S/C21H29NO2/c1-15(2)22-19-10-6-17(7-11-19)21(4,5)18-8-12-20(13-9-18)24-14-16(3)23/h6-13,15-16,22-23H,14H2,1-5H3. The van der Waals surface area contributed by atoms with Crippen molar-refractivity contribution in [2.45, 2.75) is 52.2 Å². The molecule has 0 amide bonds. The van der Waals surface area contributed by atoms with Crippen molar-refractivity contribution in [3.8, 4) is 5.75 Å². The second-order valence-corrected chi connectivity index (χ2v) is 7.19. The van der Waals surface area contributed by atoms with Gasteiger partial charge in [-0.2, -0.15) is 0 Å². The fourth-order valence-corrected chi connectivity index (χ4v) is 2.67. The summed E-state index contributed by atoms with van der Waals surface area (Å²) in [5.41, 5.74) is 3.57. The Morgan fingerprint density at radius 3 is 1.88 bits per heavy atom. The van der Waals surface area contributed by atoms with Gasteiger partial charge in [0.05, 0.1) is 6.10 Å². The Morgan fingerprint density at radius 2 is 1.42 bits per heavy atom. The van der Waals surface area contributed by atoms with Crippen LogP contribution in [0.4, 0.5) is 5.69 Å². The predicted molar refractivity (Wildman–Crippen MR) is 101 cm³/mol. The summed E-state index contributed by atoms with van der Waals surface area (Å²) in [7, 11) is 0. The van der Waals surface area contributed by atoms with Crippen molar-refractivity contribution in [1.29, 1.82) is 0 Å². The average molecular weight is 327 g/mol. The van der Waals surface area contributed by atoms with Crippen molar-refractivity contribution in [3.63, 3.8) is 0 Å². The molecule has 2 aromatic carbocycles. The van der Waals surface area contributed by atoms with Gasteiger partial charge in [0.15, 0.2) is 0 Å². The number of anilines is 1. The van der Waals surface area contributed by atoms with Crippen molar-refractivity contribution in [3.05, 3.63) is 59.7 Å². The van der Waals surface area contributed by atoms with Crippen molar-refractivity contribution in [1.82, 2.24) is 0 Å². The molecule has 0 fully saturated rings. The van der Waals surface area contributed by atoms with Crippen molar-refractivity contribution < 1.29 is 9.84 Å². The van der Waals surface area contributed by atoms with Crippen LogP contribution in [0.5, 0.6) is 5.75 Å². The Morgan fingerprint density at radius 1 is 0.917 bits per heavy atom. The van der Waals surface area contributed by atoms with Gasteiger partial charge in [-0.25, -0.2) is 0 Å². The van der Waals surface area contributed by atoms with Crippen molar-refractivity contribution in [2.24, 2.45) is 0 Å². The lowest BCUT2D eigenvalue weighted by molar-refractivity contribution is 0.122. The normalized spacial score (nSPS) is 13.0. The summed E-state index contributed by atoms with van der Waals surface area (Å²) >= 11 is 0. The molecule has 0 saturated carbocycles. The quantitative estimate of drug-likeness (QED) is 0.781. The van der Waals surface area contributed by atoms with E-state index in [1.807, 2.05) is 12.1 Å². The molecule has 0 aliphatic heterocycles. The molecule has 2 aromatic rings. The van der Waals surface area contributed by atoms with Crippen molar-refractivity contribution >= 4 is 5.69 Å². The molecule has 130 valence electrons. The van der Waals surface area contributed by atoms with E-state index in [1.54, 1.807) is 6.92 Å². The summed E-state index contributed by atoms with van der Waals surface area (Å²) in [6.45, 7) is 10.8. The molecular formula is C21H29NO2. The van der Waals surface area contributed by atoms with Gasteiger partial charge in [-0.3, -0.25) is 0 Å². The van der Waals surface area contributed by atoms with Crippen LogP contribution in [0.25, 0.3) is 0 Å². The molecule has 0 aliphatic carbocycles. The molecular weight excluding hydrogens is 298 g/mol. The summed E-state index contributed by atoms with van der Waals surface area (Å²) < 4.78 is 5.54. The fraction of sp³-hybridized carbons (Fsp3) is 0.429. The predicted octanol–water partition coefficient (Wildman–Crippen LogP) is 4.59. The number of nitrogens with one attached hydrogen (secondary N) is 1. The lowest BCUT2D eigenvalue weighted by atomic mass is 9.78. The van der Waals surface area contributed by atoms with Crippen molar-refractivity contribution in [2.75, 3.05) is 11.9 Å². The highest BCUT2D eigenvalue weighted by Gasteiger charge is 2.23. The first kappa shape index (κ1) is 18.3. The van der Waals surface area contributed by atoms with E-state index in [0.29, 0.717) is 12.6 Å². The van der Waals surface area contributed by atoms with Gasteiger partial charge in [0.1, 0.15) is 12.4 Å². The summed E-state index contributed by atoms with van der Waals surface area (Å²) in [4.78, 5) is 0. The zero-order chi connectivity index (χ0) is 17.7. The molecule has 2 rings (SSSR count). The van der Waals surface area contributed by atoms with Crippen LogP contribution >= 0.6 is 0 Å². The van der Waals surface area contributed by atoms with Gasteiger partial charge >= 0.3 is 0 Å². The van der Waals surface area contributed by atoms with Gasteiger partial charge in [-0.05, 0) is 56.2 Å². The molecule has 3 nitrogen and oxygen atoms in total. The second kappa shape index (κ2) is 7.71. The minimum absolute atomic E-state index is 0.0842. The Hall–Kier alpha value is -2.00. The van der Waals surface area contributed by atoms with Crippen LogP contribution in [-0.4, -0.2) is 23.9 Å². The maximum absolute atomic E-state index is 9.29. The third-order valence-corrected chi connectivity index (χ3v) is 4.13. The Balaban J connectivity index is 2.14. The number of benzene rings is 2. The Bertz CT molecular complexity index is 628. The van der Waals surface area contributed by atoms with Gasteiger partial charge in [-0.1, -0.05) is 38.1 Å². The maximum atomic E-state index is 9.29. The Kier molecular flexibility index (Phi) is 5.89. The zero-order valence-electron chi connectivity index (χ0n) is 15.3. The van der Waals surface area contributed by atoms with E-state index < -0.39 is 6.10 Å². The van der Waals surface area contributed by atoms with E-state index >= 15 is 0 Å². The minimum atomic E-state index is -0.459. The summed E-state index contributed by atoms with van der Waals surface area (Å²) in [5, 5.41) is 12.7. The first-order valence-electron chi connectivity index (χ1n) is 8.57. The molecule has 24 heavy (non-hydrogen) atoms. The Labute approximate surface area is 145 Å². The molecule has 1 atom stereocenters. The second-order valence-electron chi connectivity index (χ2n) is 7.19. The fourth-order valence-electron chi connectivity index (χ4n) is 2.67. The third kappa shape index (κ3) is 4.75. The summed E-state index contributed by atoms with van der Waals surface area (Å²) in [6.07, 6.45) is -0.459. The first-order valence-corrected chi connectivity index (χ1v) is 8.57. The van der Waals surface area contributed by atoms with E-state index in [1.165, 1.54) is 11.1 Å². The van der Waals surface area contributed by atoms with Gasteiger partial charge in [0, 0.05) is 17.1 Å². The van der Waals surface area contributed by atoms with Crippen LogP contribution in [0.15, 0.2) is 48.5 Å². The summed E-state index contributed by atoms with van der Waals surface area (Å²) in [5.74, 6) is 0.784. The lowest BCUT2D eigenvalue weighted by Crippen LogP contribution is -2.19. The zero-order valence-corrected chi connectivity index (χ0v) is 15.3. The van der Waals surface area contributed by atoms with Crippen LogP contribution in [0.3, 0.4) is 0 Å². The lowest BCUT2D eigenvalue weighted by Gasteiger charge is -2.27. The topological polar surface area (TPSA) is 41.5 Å². The molecule has 3 heteroatoms. The monoisotopic (exact) mass is 327 g/mol. The van der Waals surface area contributed by atoms with Gasteiger partial charge in [-0.15, -0.1) is 0 Å². The number of hydrogen-bond acceptors (Lipinski definition) is 3. The van der Waals surface area contributed by atoms with E-state index in [-0.39, 0.29) is 5.41 Å². The largest absolute Gasteiger partial charge is 0.491 e. The molecule has 0 heterocycles. The highest BCUT2D eigenvalue weighted by atomic mass is 16.5. The SMILES string of the molecule is CC(O)COc1ccc(C(C)(C)c2ccc(NC(C)C)cc2)cc1. The molecule has 0 radical (unpaired) electrons. The number of rotatable bonds is 7. The van der Waals surface area contributed by atoms with Gasteiger partial charge < -0.3 is 15.2 Å².